The molecule has 0 radical (unpaired) electrons. The molecule has 0 aromatic carbocycles. The summed E-state index contributed by atoms with van der Waals surface area (Å²) < 4.78 is 0. The predicted molar refractivity (Wildman–Crippen MR) is 64.4 cm³/mol. The van der Waals surface area contributed by atoms with Gasteiger partial charge < -0.3 is 10.4 Å². The average molecular weight is 224 g/mol. The lowest BCUT2D eigenvalue weighted by atomic mass is 9.95. The number of hydrogen-bond acceptors (Lipinski definition) is 3. The van der Waals surface area contributed by atoms with Crippen LogP contribution >= 0.6 is 0 Å². The number of hydrogen-bond donors (Lipinski definition) is 2. The summed E-state index contributed by atoms with van der Waals surface area (Å²) in [5.74, 6) is 0. The summed E-state index contributed by atoms with van der Waals surface area (Å²) in [5.41, 5.74) is 0. The molecule has 3 nitrogen and oxygen atoms in total. The minimum absolute atomic E-state index is 0.0161. The van der Waals surface area contributed by atoms with Gasteiger partial charge in [-0.3, -0.25) is 4.90 Å². The van der Waals surface area contributed by atoms with E-state index in [1.807, 2.05) is 0 Å². The van der Waals surface area contributed by atoms with Crippen molar-refractivity contribution in [2.45, 2.75) is 69.2 Å². The van der Waals surface area contributed by atoms with E-state index in [0.717, 1.165) is 18.9 Å². The monoisotopic (exact) mass is 224 g/mol. The molecule has 0 saturated carbocycles. The zero-order chi connectivity index (χ0) is 11.0. The molecule has 3 fully saturated rings. The third kappa shape index (κ3) is 2.01. The summed E-state index contributed by atoms with van der Waals surface area (Å²) in [6.45, 7) is 2.38. The van der Waals surface area contributed by atoms with Crippen molar-refractivity contribution in [1.29, 1.82) is 0 Å². The number of rotatable bonds is 1. The number of aliphatic hydroxyl groups excluding tert-OH is 1. The highest BCUT2D eigenvalue weighted by molar-refractivity contribution is 4.98. The maximum absolute atomic E-state index is 9.82. The second-order valence-electron chi connectivity index (χ2n) is 5.79. The highest BCUT2D eigenvalue weighted by Crippen LogP contribution is 2.38. The Morgan fingerprint density at radius 1 is 0.875 bits per heavy atom. The summed E-state index contributed by atoms with van der Waals surface area (Å²) in [6, 6.07) is 2.17. The van der Waals surface area contributed by atoms with Crippen molar-refractivity contribution in [1.82, 2.24) is 10.2 Å². The quantitative estimate of drug-likeness (QED) is 0.700. The maximum Gasteiger partial charge on any atom is 0.0570 e. The lowest BCUT2D eigenvalue weighted by Gasteiger charge is -2.42. The molecular formula is C13H24N2O. The van der Waals surface area contributed by atoms with Crippen LogP contribution in [0.25, 0.3) is 0 Å². The zero-order valence-electron chi connectivity index (χ0n) is 10.1. The second kappa shape index (κ2) is 4.63. The molecular weight excluding hydrogens is 200 g/mol. The van der Waals surface area contributed by atoms with Gasteiger partial charge in [0.1, 0.15) is 0 Å². The Balaban J connectivity index is 1.69. The molecule has 3 saturated heterocycles. The van der Waals surface area contributed by atoms with Crippen molar-refractivity contribution in [2.75, 3.05) is 13.1 Å². The molecule has 3 unspecified atom stereocenters. The van der Waals surface area contributed by atoms with E-state index >= 15 is 0 Å². The van der Waals surface area contributed by atoms with E-state index in [9.17, 15) is 5.11 Å². The fraction of sp³-hybridized carbons (Fsp3) is 1.00. The largest absolute Gasteiger partial charge is 0.393 e. The molecule has 0 spiro atoms. The van der Waals surface area contributed by atoms with Crippen LogP contribution in [0.15, 0.2) is 0 Å². The van der Waals surface area contributed by atoms with E-state index in [1.54, 1.807) is 0 Å². The number of nitrogens with zero attached hydrogens (tertiary/aromatic N) is 1. The van der Waals surface area contributed by atoms with E-state index in [4.69, 9.17) is 0 Å². The molecule has 0 aromatic heterocycles. The Bertz CT molecular complexity index is 224. The summed E-state index contributed by atoms with van der Waals surface area (Å²) in [4.78, 5) is 2.78. The number of nitrogens with one attached hydrogen (secondary N) is 1. The van der Waals surface area contributed by atoms with Crippen LogP contribution in [0.1, 0.15) is 44.9 Å². The minimum Gasteiger partial charge on any atom is -0.393 e. The number of piperidine rings is 1. The first-order valence-electron chi connectivity index (χ1n) is 7.01. The van der Waals surface area contributed by atoms with Gasteiger partial charge in [-0.2, -0.15) is 0 Å². The van der Waals surface area contributed by atoms with Crippen LogP contribution in [0.3, 0.4) is 0 Å². The van der Waals surface area contributed by atoms with Crippen molar-refractivity contribution in [3.05, 3.63) is 0 Å². The lowest BCUT2D eigenvalue weighted by Crippen LogP contribution is -2.50. The van der Waals surface area contributed by atoms with Crippen LogP contribution in [0.4, 0.5) is 0 Å². The Morgan fingerprint density at radius 2 is 1.62 bits per heavy atom. The first kappa shape index (κ1) is 11.0. The molecule has 0 amide bonds. The molecule has 16 heavy (non-hydrogen) atoms. The van der Waals surface area contributed by atoms with Gasteiger partial charge in [0.05, 0.1) is 6.10 Å². The molecule has 3 atom stereocenters. The number of aliphatic hydroxyl groups is 1. The zero-order valence-corrected chi connectivity index (χ0v) is 10.1. The van der Waals surface area contributed by atoms with Gasteiger partial charge in [-0.1, -0.05) is 0 Å². The Morgan fingerprint density at radius 3 is 2.38 bits per heavy atom. The first-order valence-corrected chi connectivity index (χ1v) is 7.01. The highest BCUT2D eigenvalue weighted by atomic mass is 16.3. The van der Waals surface area contributed by atoms with Crippen molar-refractivity contribution < 1.29 is 5.11 Å². The van der Waals surface area contributed by atoms with E-state index in [0.29, 0.717) is 12.1 Å². The highest BCUT2D eigenvalue weighted by Gasteiger charge is 2.43. The smallest absolute Gasteiger partial charge is 0.0570 e. The molecule has 3 aliphatic heterocycles. The van der Waals surface area contributed by atoms with Crippen LogP contribution in [-0.2, 0) is 0 Å². The Kier molecular flexibility index (Phi) is 3.18. The summed E-state index contributed by atoms with van der Waals surface area (Å²) in [6.07, 6.45) is 8.68. The summed E-state index contributed by atoms with van der Waals surface area (Å²) in [7, 11) is 0. The van der Waals surface area contributed by atoms with Crippen LogP contribution in [0.5, 0.6) is 0 Å². The van der Waals surface area contributed by atoms with Gasteiger partial charge in [-0.05, 0) is 58.0 Å². The van der Waals surface area contributed by atoms with Crippen molar-refractivity contribution >= 4 is 0 Å². The van der Waals surface area contributed by atoms with Crippen LogP contribution in [-0.4, -0.2) is 47.3 Å². The molecule has 92 valence electrons. The molecule has 3 rings (SSSR count). The minimum atomic E-state index is -0.0161. The first-order chi connectivity index (χ1) is 7.84. The lowest BCUT2D eigenvalue weighted by molar-refractivity contribution is 0.00721. The topological polar surface area (TPSA) is 35.5 Å². The molecule has 3 heteroatoms. The standard InChI is InChI=1S/C13H24N2O/c16-13-8-11-3-4-12(9-13)15(11)10-2-1-6-14-7-5-10/h10-14,16H,1-9H2. The van der Waals surface area contributed by atoms with Gasteiger partial charge >= 0.3 is 0 Å². The van der Waals surface area contributed by atoms with Crippen molar-refractivity contribution in [3.8, 4) is 0 Å². The predicted octanol–water partition coefficient (Wildman–Crippen LogP) is 1.12. The normalized spacial score (nSPS) is 45.6. The molecule has 0 aliphatic carbocycles. The maximum atomic E-state index is 9.82. The SMILES string of the molecule is OC1CC2CCC(C1)N2C1CCCNCC1. The third-order valence-electron chi connectivity index (χ3n) is 4.73. The molecule has 3 aliphatic rings. The van der Waals surface area contributed by atoms with Crippen LogP contribution < -0.4 is 5.32 Å². The fourth-order valence-electron chi connectivity index (χ4n) is 4.08. The van der Waals surface area contributed by atoms with Gasteiger partial charge in [0, 0.05) is 18.1 Å². The van der Waals surface area contributed by atoms with Gasteiger partial charge in [0.15, 0.2) is 0 Å². The van der Waals surface area contributed by atoms with Gasteiger partial charge in [0.2, 0.25) is 0 Å². The van der Waals surface area contributed by atoms with Crippen LogP contribution in [0, 0.1) is 0 Å². The molecule has 3 heterocycles. The third-order valence-corrected chi connectivity index (χ3v) is 4.73. The number of fused-ring (bicyclic) bond motifs is 2. The summed E-state index contributed by atoms with van der Waals surface area (Å²) in [5, 5.41) is 13.3. The molecule has 0 aromatic rings. The van der Waals surface area contributed by atoms with E-state index < -0.39 is 0 Å². The van der Waals surface area contributed by atoms with E-state index in [2.05, 4.69) is 10.2 Å². The fourth-order valence-corrected chi connectivity index (χ4v) is 4.08. The van der Waals surface area contributed by atoms with Crippen molar-refractivity contribution in [3.63, 3.8) is 0 Å². The Hall–Kier alpha value is -0.120. The molecule has 2 N–H and O–H groups in total. The van der Waals surface area contributed by atoms with Gasteiger partial charge in [-0.25, -0.2) is 0 Å². The summed E-state index contributed by atoms with van der Waals surface area (Å²) >= 11 is 0. The van der Waals surface area contributed by atoms with E-state index in [-0.39, 0.29) is 6.10 Å². The average Bonchev–Trinajstić information content (AvgIpc) is 2.49. The van der Waals surface area contributed by atoms with E-state index in [1.165, 1.54) is 45.2 Å². The van der Waals surface area contributed by atoms with Crippen molar-refractivity contribution in [2.24, 2.45) is 0 Å². The second-order valence-corrected chi connectivity index (χ2v) is 5.79. The molecule has 2 bridgehead atoms. The van der Waals surface area contributed by atoms with Crippen LogP contribution in [0.2, 0.25) is 0 Å². The van der Waals surface area contributed by atoms with Gasteiger partial charge in [0.25, 0.3) is 0 Å². The van der Waals surface area contributed by atoms with Gasteiger partial charge in [-0.15, -0.1) is 0 Å². The Labute approximate surface area is 98.2 Å².